The maximum atomic E-state index is 10.8. The first-order valence-electron chi connectivity index (χ1n) is 3.78. The lowest BCUT2D eigenvalue weighted by molar-refractivity contribution is 0.0695. The highest BCUT2D eigenvalue weighted by Gasteiger charge is 2.22. The van der Waals surface area contributed by atoms with Crippen molar-refractivity contribution in [1.29, 1.82) is 0 Å². The Balaban J connectivity index is 3.62. The molecular weight excluding hydrogens is 188 g/mol. The summed E-state index contributed by atoms with van der Waals surface area (Å²) in [7, 11) is 0. The number of aromatic nitrogens is 1. The number of nitroso groups, excluding NO2 is 1. The van der Waals surface area contributed by atoms with Gasteiger partial charge in [-0.1, -0.05) is 0 Å². The summed E-state index contributed by atoms with van der Waals surface area (Å²) >= 11 is 0. The van der Waals surface area contributed by atoms with E-state index in [-0.39, 0.29) is 22.5 Å². The molecule has 0 fully saturated rings. The quantitative estimate of drug-likeness (QED) is 0.580. The van der Waals surface area contributed by atoms with Crippen LogP contribution in [0, 0.1) is 18.8 Å². The van der Waals surface area contributed by atoms with E-state index in [0.717, 1.165) is 4.68 Å². The van der Waals surface area contributed by atoms with Crippen molar-refractivity contribution in [3.8, 4) is 0 Å². The Hall–Kier alpha value is -1.98. The van der Waals surface area contributed by atoms with Crippen LogP contribution in [-0.2, 0) is 0 Å². The maximum Gasteiger partial charge on any atom is 0.337 e. The van der Waals surface area contributed by atoms with E-state index in [2.05, 4.69) is 5.29 Å². The fourth-order valence-corrected chi connectivity index (χ4v) is 1.40. The predicted molar refractivity (Wildman–Crippen MR) is 47.4 cm³/mol. The van der Waals surface area contributed by atoms with E-state index >= 15 is 0 Å². The van der Waals surface area contributed by atoms with Crippen molar-refractivity contribution in [2.45, 2.75) is 13.8 Å². The van der Waals surface area contributed by atoms with Crippen LogP contribution in [0.2, 0.25) is 0 Å². The first kappa shape index (κ1) is 10.1. The number of carboxylic acid groups (broad SMARTS) is 1. The average Bonchev–Trinajstić information content (AvgIpc) is 2.36. The highest BCUT2D eigenvalue weighted by molar-refractivity contribution is 5.94. The van der Waals surface area contributed by atoms with Crippen LogP contribution in [0.4, 0.5) is 0 Å². The van der Waals surface area contributed by atoms with E-state index in [1.807, 2.05) is 0 Å². The normalized spacial score (nSPS) is 9.86. The lowest BCUT2D eigenvalue weighted by Crippen LogP contribution is -2.00. The molecule has 0 saturated heterocycles. The Morgan fingerprint density at radius 1 is 1.50 bits per heavy atom. The van der Waals surface area contributed by atoms with Crippen LogP contribution in [-0.4, -0.2) is 22.0 Å². The highest BCUT2D eigenvalue weighted by atomic mass is 16.4. The number of carbonyl (C=O) groups excluding carboxylic acids is 1. The first-order chi connectivity index (χ1) is 6.54. The van der Waals surface area contributed by atoms with Crippen molar-refractivity contribution >= 4 is 12.3 Å². The molecule has 1 aromatic heterocycles. The fourth-order valence-electron chi connectivity index (χ4n) is 1.40. The van der Waals surface area contributed by atoms with Gasteiger partial charge in [-0.15, -0.1) is 4.91 Å². The lowest BCUT2D eigenvalue weighted by Gasteiger charge is -1.94. The molecule has 14 heavy (non-hydrogen) atoms. The smallest absolute Gasteiger partial charge is 0.337 e. The second-order valence-corrected chi connectivity index (χ2v) is 2.79. The molecule has 74 valence electrons. The molecule has 1 rings (SSSR count). The summed E-state index contributed by atoms with van der Waals surface area (Å²) in [6.45, 7) is 2.88. The van der Waals surface area contributed by atoms with Gasteiger partial charge in [-0.3, -0.25) is 4.79 Å². The summed E-state index contributed by atoms with van der Waals surface area (Å²) in [4.78, 5) is 31.7. The van der Waals surface area contributed by atoms with Gasteiger partial charge in [0.1, 0.15) is 5.69 Å². The van der Waals surface area contributed by atoms with E-state index in [0.29, 0.717) is 6.29 Å². The maximum absolute atomic E-state index is 10.8. The van der Waals surface area contributed by atoms with Gasteiger partial charge in [0.25, 0.3) is 0 Å². The van der Waals surface area contributed by atoms with E-state index < -0.39 is 5.97 Å². The van der Waals surface area contributed by atoms with Gasteiger partial charge < -0.3 is 5.11 Å². The monoisotopic (exact) mass is 196 g/mol. The number of carboxylic acids is 1. The van der Waals surface area contributed by atoms with Gasteiger partial charge in [0.15, 0.2) is 6.29 Å². The summed E-state index contributed by atoms with van der Waals surface area (Å²) in [6.07, 6.45) is 0.413. The third kappa shape index (κ3) is 1.20. The molecular formula is C8H8N2O4. The predicted octanol–water partition coefficient (Wildman–Crippen LogP) is 1.15. The number of rotatable bonds is 3. The van der Waals surface area contributed by atoms with Crippen LogP contribution in [0.5, 0.6) is 0 Å². The number of hydrogen-bond acceptors (Lipinski definition) is 4. The molecule has 0 spiro atoms. The Kier molecular flexibility index (Phi) is 2.46. The second-order valence-electron chi connectivity index (χ2n) is 2.79. The van der Waals surface area contributed by atoms with Crippen LogP contribution >= 0.6 is 0 Å². The van der Waals surface area contributed by atoms with Crippen molar-refractivity contribution < 1.29 is 14.7 Å². The van der Waals surface area contributed by atoms with Gasteiger partial charge in [-0.05, 0) is 19.4 Å². The number of aldehydes is 1. The van der Waals surface area contributed by atoms with Crippen molar-refractivity contribution in [2.75, 3.05) is 0 Å². The molecule has 0 unspecified atom stereocenters. The van der Waals surface area contributed by atoms with Gasteiger partial charge in [0.05, 0.1) is 16.5 Å². The fraction of sp³-hybridized carbons (Fsp3) is 0.250. The van der Waals surface area contributed by atoms with E-state index in [1.54, 1.807) is 0 Å². The SMILES string of the molecule is Cc1c(C(=O)O)c(C)n(N=O)c1C=O. The van der Waals surface area contributed by atoms with Crippen molar-refractivity contribution in [3.05, 3.63) is 27.4 Å². The average molecular weight is 196 g/mol. The molecule has 0 atom stereocenters. The molecule has 0 aliphatic rings. The minimum Gasteiger partial charge on any atom is -0.478 e. The molecule has 6 nitrogen and oxygen atoms in total. The Bertz CT molecular complexity index is 388. The van der Waals surface area contributed by atoms with Crippen molar-refractivity contribution in [3.63, 3.8) is 0 Å². The molecule has 0 amide bonds. The van der Waals surface area contributed by atoms with Crippen LogP contribution in [0.1, 0.15) is 32.1 Å². The van der Waals surface area contributed by atoms with Gasteiger partial charge >= 0.3 is 5.97 Å². The third-order valence-corrected chi connectivity index (χ3v) is 2.07. The summed E-state index contributed by atoms with van der Waals surface area (Å²) < 4.78 is 0.784. The first-order valence-corrected chi connectivity index (χ1v) is 3.78. The van der Waals surface area contributed by atoms with Crippen molar-refractivity contribution in [2.24, 2.45) is 5.29 Å². The molecule has 0 aromatic carbocycles. The largest absolute Gasteiger partial charge is 0.478 e. The zero-order valence-corrected chi connectivity index (χ0v) is 7.64. The second kappa shape index (κ2) is 3.41. The van der Waals surface area contributed by atoms with Gasteiger partial charge in [0.2, 0.25) is 0 Å². The zero-order valence-electron chi connectivity index (χ0n) is 7.64. The number of nitrogens with zero attached hydrogens (tertiary/aromatic N) is 2. The number of hydrogen-bond donors (Lipinski definition) is 1. The minimum absolute atomic E-state index is 0.0186. The van der Waals surface area contributed by atoms with E-state index in [9.17, 15) is 14.5 Å². The molecule has 0 radical (unpaired) electrons. The van der Waals surface area contributed by atoms with E-state index in [1.165, 1.54) is 13.8 Å². The van der Waals surface area contributed by atoms with Crippen LogP contribution < -0.4 is 0 Å². The minimum atomic E-state index is -1.18. The molecule has 0 saturated carbocycles. The molecule has 0 bridgehead atoms. The van der Waals surface area contributed by atoms with Gasteiger partial charge in [-0.2, -0.15) is 4.68 Å². The summed E-state index contributed by atoms with van der Waals surface area (Å²) in [5.74, 6) is -1.18. The summed E-state index contributed by atoms with van der Waals surface area (Å²) in [6, 6.07) is 0. The molecule has 0 aliphatic carbocycles. The van der Waals surface area contributed by atoms with E-state index in [4.69, 9.17) is 5.11 Å². The van der Waals surface area contributed by atoms with Crippen LogP contribution in [0.15, 0.2) is 5.29 Å². The molecule has 6 heteroatoms. The standard InChI is InChI=1S/C8H8N2O4/c1-4-6(3-11)10(9-14)5(2)7(4)8(12)13/h3H,1-2H3,(H,12,13). The lowest BCUT2D eigenvalue weighted by atomic mass is 10.1. The molecule has 1 heterocycles. The topological polar surface area (TPSA) is 88.7 Å². The van der Waals surface area contributed by atoms with Crippen LogP contribution in [0.3, 0.4) is 0 Å². The molecule has 1 N–H and O–H groups in total. The Morgan fingerprint density at radius 3 is 2.36 bits per heavy atom. The number of aromatic carboxylic acids is 1. The Labute approximate surface area is 79.1 Å². The van der Waals surface area contributed by atoms with Gasteiger partial charge in [-0.25, -0.2) is 4.79 Å². The third-order valence-electron chi connectivity index (χ3n) is 2.07. The van der Waals surface area contributed by atoms with Gasteiger partial charge in [0, 0.05) is 0 Å². The Morgan fingerprint density at radius 2 is 2.07 bits per heavy atom. The summed E-state index contributed by atoms with van der Waals surface area (Å²) in [5.41, 5.74) is 0.346. The summed E-state index contributed by atoms with van der Waals surface area (Å²) in [5, 5.41) is 11.4. The highest BCUT2D eigenvalue weighted by Crippen LogP contribution is 2.20. The zero-order chi connectivity index (χ0) is 10.9. The van der Waals surface area contributed by atoms with Crippen LogP contribution in [0.25, 0.3) is 0 Å². The number of carbonyl (C=O) groups is 2. The molecule has 0 aliphatic heterocycles. The van der Waals surface area contributed by atoms with Crippen molar-refractivity contribution in [1.82, 2.24) is 4.68 Å². The molecule has 1 aromatic rings.